The van der Waals surface area contributed by atoms with E-state index in [0.717, 1.165) is 24.0 Å². The van der Waals surface area contributed by atoms with Crippen LogP contribution in [0.1, 0.15) is 30.2 Å². The molecule has 1 fully saturated rings. The number of aromatic nitrogens is 3. The smallest absolute Gasteiger partial charge is 0.326 e. The van der Waals surface area contributed by atoms with Gasteiger partial charge in [-0.1, -0.05) is 18.2 Å². The third-order valence-corrected chi connectivity index (χ3v) is 9.42. The zero-order valence-corrected chi connectivity index (χ0v) is 25.4. The van der Waals surface area contributed by atoms with Crippen LogP contribution in [0.15, 0.2) is 65.5 Å². The minimum atomic E-state index is -4.11. The molecule has 0 spiro atoms. The van der Waals surface area contributed by atoms with E-state index in [1.54, 1.807) is 18.3 Å². The molecule has 0 saturated carbocycles. The van der Waals surface area contributed by atoms with E-state index in [2.05, 4.69) is 25.6 Å². The number of hydrogen-bond acceptors (Lipinski definition) is 7. The molecular weight excluding hydrogens is 639 g/mol. The lowest BCUT2D eigenvalue weighted by atomic mass is 9.75. The normalized spacial score (nSPS) is 18.6. The number of fused-ring (bicyclic) bond motifs is 2. The summed E-state index contributed by atoms with van der Waals surface area (Å²) in [7, 11) is -4.11. The maximum atomic E-state index is 15.2. The van der Waals surface area contributed by atoms with E-state index in [-0.39, 0.29) is 33.7 Å². The van der Waals surface area contributed by atoms with Gasteiger partial charge in [0.25, 0.3) is 5.91 Å². The van der Waals surface area contributed by atoms with Crippen molar-refractivity contribution < 1.29 is 40.7 Å². The van der Waals surface area contributed by atoms with E-state index >= 15 is 8.78 Å². The van der Waals surface area contributed by atoms with E-state index in [0.29, 0.717) is 30.0 Å². The molecule has 2 aromatic heterocycles. The van der Waals surface area contributed by atoms with Crippen LogP contribution in [-0.2, 0) is 20.0 Å². The maximum absolute atomic E-state index is 15.2. The Bertz CT molecular complexity index is 2300. The van der Waals surface area contributed by atoms with Crippen LogP contribution in [0.25, 0.3) is 28.4 Å². The number of nitrogens with zero attached hydrogens (tertiary/aromatic N) is 1. The summed E-state index contributed by atoms with van der Waals surface area (Å²) in [5.41, 5.74) is 0.866. The lowest BCUT2D eigenvalue weighted by Crippen LogP contribution is -2.32. The van der Waals surface area contributed by atoms with Gasteiger partial charge in [0.15, 0.2) is 21.4 Å². The predicted molar refractivity (Wildman–Crippen MR) is 163 cm³/mol. The lowest BCUT2D eigenvalue weighted by molar-refractivity contribution is -0.115. The second kappa shape index (κ2) is 10.8. The number of halogens is 3. The van der Waals surface area contributed by atoms with Gasteiger partial charge < -0.3 is 24.8 Å². The zero-order chi connectivity index (χ0) is 33.2. The topological polar surface area (TPSA) is 155 Å². The van der Waals surface area contributed by atoms with Gasteiger partial charge >= 0.3 is 6.03 Å². The van der Waals surface area contributed by atoms with Gasteiger partial charge in [0, 0.05) is 46.3 Å². The van der Waals surface area contributed by atoms with Crippen molar-refractivity contribution in [1.29, 1.82) is 0 Å². The number of nitrogens with one attached hydrogen (secondary N) is 4. The van der Waals surface area contributed by atoms with Crippen LogP contribution in [-0.4, -0.2) is 48.2 Å². The average Bonchev–Trinajstić information content (AvgIpc) is 3.77. The first kappa shape index (κ1) is 30.1. The van der Waals surface area contributed by atoms with Crippen LogP contribution in [0.2, 0.25) is 0 Å². The number of imide groups is 1. The monoisotopic (exact) mass is 663 g/mol. The number of rotatable bonds is 6. The molecule has 4 heterocycles. The summed E-state index contributed by atoms with van der Waals surface area (Å²) < 4.78 is 82.2. The second-order valence-electron chi connectivity index (χ2n) is 11.3. The molecule has 2 aliphatic heterocycles. The lowest BCUT2D eigenvalue weighted by Gasteiger charge is -2.35. The first-order valence-electron chi connectivity index (χ1n) is 14.2. The number of sulfone groups is 1. The van der Waals surface area contributed by atoms with Crippen LogP contribution < -0.4 is 20.1 Å². The van der Waals surface area contributed by atoms with Gasteiger partial charge in [-0.3, -0.25) is 10.1 Å². The molecule has 3 amide bonds. The Morgan fingerprint density at radius 3 is 2.62 bits per heavy atom. The van der Waals surface area contributed by atoms with Gasteiger partial charge in [-0.2, -0.15) is 4.39 Å². The van der Waals surface area contributed by atoms with Crippen molar-refractivity contribution in [1.82, 2.24) is 25.6 Å². The van der Waals surface area contributed by atoms with E-state index in [1.807, 2.05) is 13.0 Å². The molecule has 11 nitrogen and oxygen atoms in total. The maximum Gasteiger partial charge on any atom is 0.326 e. The third kappa shape index (κ3) is 4.99. The number of aromatic amines is 2. The Morgan fingerprint density at radius 2 is 1.87 bits per heavy atom. The van der Waals surface area contributed by atoms with Gasteiger partial charge in [0.05, 0.1) is 17.7 Å². The number of carbonyl (C=O) groups is 2. The third-order valence-electron chi connectivity index (χ3n) is 8.27. The number of imidazole rings is 1. The summed E-state index contributed by atoms with van der Waals surface area (Å²) in [5.74, 6) is -4.56. The highest BCUT2D eigenvalue weighted by Crippen LogP contribution is 2.46. The molecular formula is C32H24F3N5O6S. The van der Waals surface area contributed by atoms with Crippen molar-refractivity contribution in [3.8, 4) is 28.6 Å². The van der Waals surface area contributed by atoms with Gasteiger partial charge in [-0.15, -0.1) is 0 Å². The molecule has 47 heavy (non-hydrogen) atoms. The van der Waals surface area contributed by atoms with Crippen molar-refractivity contribution in [2.75, 3.05) is 12.9 Å². The van der Waals surface area contributed by atoms with Crippen molar-refractivity contribution in [3.05, 3.63) is 94.8 Å². The molecule has 1 saturated heterocycles. The highest BCUT2D eigenvalue weighted by Gasteiger charge is 2.38. The number of amides is 3. The van der Waals surface area contributed by atoms with Gasteiger partial charge in [0.2, 0.25) is 5.82 Å². The molecule has 0 radical (unpaired) electrons. The van der Waals surface area contributed by atoms with Crippen molar-refractivity contribution in [3.63, 3.8) is 0 Å². The summed E-state index contributed by atoms with van der Waals surface area (Å²) in [4.78, 5) is 33.2. The summed E-state index contributed by atoms with van der Waals surface area (Å²) in [6.45, 7) is 2.24. The molecule has 5 aromatic rings. The van der Waals surface area contributed by atoms with E-state index < -0.39 is 55.3 Å². The standard InChI is InChI=1S/C32H24F3N5O6S/c1-32(9-11-45-26-15(4-3-5-19(26)32)12-21-30(41)40-31(42)38-21)22-14-37-29(39-22)18-13-16(6-7-20(18)33)46-27-24(35)23(34)25-17(8-10-36-25)28(27)47(2,43)44/h3-8,10,12-14,36H,9,11H2,1-2H3,(H,37,39)(H2,38,40,41,42)/b21-12-. The van der Waals surface area contributed by atoms with Gasteiger partial charge in [0.1, 0.15) is 33.7 Å². The molecule has 15 heteroatoms. The molecule has 240 valence electrons. The van der Waals surface area contributed by atoms with Crippen molar-refractivity contribution in [2.45, 2.75) is 23.7 Å². The van der Waals surface area contributed by atoms with Gasteiger partial charge in [-0.05, 0) is 43.7 Å². The summed E-state index contributed by atoms with van der Waals surface area (Å²) >= 11 is 0. The van der Waals surface area contributed by atoms with E-state index in [9.17, 15) is 22.4 Å². The van der Waals surface area contributed by atoms with E-state index in [1.165, 1.54) is 24.4 Å². The highest BCUT2D eigenvalue weighted by atomic mass is 32.2. The first-order valence-corrected chi connectivity index (χ1v) is 16.1. The molecule has 4 N–H and O–H groups in total. The van der Waals surface area contributed by atoms with Crippen LogP contribution in [0.4, 0.5) is 18.0 Å². The Kier molecular flexibility index (Phi) is 6.89. The number of benzene rings is 3. The summed E-state index contributed by atoms with van der Waals surface area (Å²) in [6.07, 6.45) is 5.69. The largest absolute Gasteiger partial charge is 0.493 e. The number of para-hydroxylation sites is 1. The Labute approximate surface area is 264 Å². The molecule has 1 atom stereocenters. The fraction of sp³-hybridized carbons (Fsp3) is 0.156. The van der Waals surface area contributed by atoms with Gasteiger partial charge in [-0.25, -0.2) is 27.0 Å². The predicted octanol–water partition coefficient (Wildman–Crippen LogP) is 5.44. The minimum absolute atomic E-state index is 0.0694. The van der Waals surface area contributed by atoms with E-state index in [4.69, 9.17) is 9.47 Å². The molecule has 7 rings (SSSR count). The Hall–Kier alpha value is -5.57. The number of hydrogen-bond donors (Lipinski definition) is 4. The Morgan fingerprint density at radius 1 is 1.06 bits per heavy atom. The second-order valence-corrected chi connectivity index (χ2v) is 13.3. The van der Waals surface area contributed by atoms with Crippen LogP contribution in [0.3, 0.4) is 0 Å². The quantitative estimate of drug-likeness (QED) is 0.107. The minimum Gasteiger partial charge on any atom is -0.493 e. The number of H-pyrrole nitrogens is 2. The zero-order valence-electron chi connectivity index (χ0n) is 24.6. The highest BCUT2D eigenvalue weighted by molar-refractivity contribution is 7.91. The molecule has 1 unspecified atom stereocenters. The van der Waals surface area contributed by atoms with Crippen molar-refractivity contribution >= 4 is 38.8 Å². The first-order chi connectivity index (χ1) is 22.3. The van der Waals surface area contributed by atoms with Crippen LogP contribution >= 0.6 is 0 Å². The summed E-state index contributed by atoms with van der Waals surface area (Å²) in [6, 6.07) is 9.44. The molecule has 2 aliphatic rings. The number of ether oxygens (including phenoxy) is 2. The SMILES string of the molecule is CC1(c2cnc(-c3cc(Oc4c(F)c(F)c5[nH]ccc5c4S(C)(=O)=O)ccc3F)[nH]2)CCOc2c(/C=C3\NC(=O)NC3=O)cccc21. The Balaban J connectivity index is 1.26. The molecule has 0 aliphatic carbocycles. The molecule has 0 bridgehead atoms. The van der Waals surface area contributed by atoms with Crippen molar-refractivity contribution in [2.24, 2.45) is 0 Å². The average molecular weight is 664 g/mol. The molecule has 3 aromatic carbocycles. The number of carbonyl (C=O) groups excluding carboxylic acids is 2. The fourth-order valence-electron chi connectivity index (χ4n) is 5.91. The number of urea groups is 1. The van der Waals surface area contributed by atoms with Crippen LogP contribution in [0, 0.1) is 17.5 Å². The van der Waals surface area contributed by atoms with Crippen LogP contribution in [0.5, 0.6) is 17.2 Å². The summed E-state index contributed by atoms with van der Waals surface area (Å²) in [5, 5.41) is 4.51. The fourth-order valence-corrected chi connectivity index (χ4v) is 6.95.